The lowest BCUT2D eigenvalue weighted by atomic mass is 10.1. The standard InChI is InChI=1S/C12H12N2/c1-2-4-11-8-12(7-10(11)3-1)14-6-5-13-9-14/h1-7,13H,8-9H2. The largest absolute Gasteiger partial charge is 0.372 e. The molecule has 0 saturated carbocycles. The zero-order valence-corrected chi connectivity index (χ0v) is 7.90. The van der Waals surface area contributed by atoms with Crippen LogP contribution in [-0.2, 0) is 6.42 Å². The van der Waals surface area contributed by atoms with Crippen molar-refractivity contribution >= 4 is 6.08 Å². The third-order valence-corrected chi connectivity index (χ3v) is 2.75. The molecule has 0 atom stereocenters. The van der Waals surface area contributed by atoms with Crippen LogP contribution in [0.5, 0.6) is 0 Å². The zero-order valence-electron chi connectivity index (χ0n) is 7.90. The van der Waals surface area contributed by atoms with E-state index in [1.165, 1.54) is 16.8 Å². The van der Waals surface area contributed by atoms with Gasteiger partial charge in [0, 0.05) is 24.5 Å². The summed E-state index contributed by atoms with van der Waals surface area (Å²) in [5, 5.41) is 3.18. The molecule has 1 aliphatic heterocycles. The van der Waals surface area contributed by atoms with Crippen LogP contribution in [0.2, 0.25) is 0 Å². The maximum absolute atomic E-state index is 3.18. The normalized spacial score (nSPS) is 18.0. The van der Waals surface area contributed by atoms with Crippen molar-refractivity contribution in [2.75, 3.05) is 6.67 Å². The Morgan fingerprint density at radius 1 is 1.21 bits per heavy atom. The van der Waals surface area contributed by atoms with Crippen molar-refractivity contribution in [3.8, 4) is 0 Å². The molecule has 0 saturated heterocycles. The Labute approximate surface area is 83.5 Å². The number of allylic oxidation sites excluding steroid dienone is 1. The van der Waals surface area contributed by atoms with E-state index in [1.807, 2.05) is 6.20 Å². The van der Waals surface area contributed by atoms with Crippen LogP contribution in [0.15, 0.2) is 42.4 Å². The van der Waals surface area contributed by atoms with Crippen LogP contribution < -0.4 is 5.32 Å². The van der Waals surface area contributed by atoms with Crippen LogP contribution in [0.4, 0.5) is 0 Å². The summed E-state index contributed by atoms with van der Waals surface area (Å²) in [5.74, 6) is 0. The second-order valence-electron chi connectivity index (χ2n) is 3.66. The first kappa shape index (κ1) is 7.68. The fourth-order valence-corrected chi connectivity index (χ4v) is 1.99. The Morgan fingerprint density at radius 3 is 2.93 bits per heavy atom. The van der Waals surface area contributed by atoms with E-state index in [4.69, 9.17) is 0 Å². The molecule has 14 heavy (non-hydrogen) atoms. The van der Waals surface area contributed by atoms with Gasteiger partial charge in [0.05, 0.1) is 6.67 Å². The molecular formula is C12H12N2. The molecule has 0 aromatic heterocycles. The van der Waals surface area contributed by atoms with E-state index in [0.29, 0.717) is 0 Å². The van der Waals surface area contributed by atoms with Gasteiger partial charge < -0.3 is 10.2 Å². The second kappa shape index (κ2) is 2.91. The van der Waals surface area contributed by atoms with Crippen molar-refractivity contribution in [1.82, 2.24) is 10.2 Å². The maximum atomic E-state index is 3.18. The predicted molar refractivity (Wildman–Crippen MR) is 57.1 cm³/mol. The topological polar surface area (TPSA) is 15.3 Å². The second-order valence-corrected chi connectivity index (χ2v) is 3.66. The van der Waals surface area contributed by atoms with Gasteiger partial charge in [0.15, 0.2) is 0 Å². The highest BCUT2D eigenvalue weighted by atomic mass is 15.3. The van der Waals surface area contributed by atoms with Crippen molar-refractivity contribution in [2.24, 2.45) is 0 Å². The molecule has 2 nitrogen and oxygen atoms in total. The van der Waals surface area contributed by atoms with Gasteiger partial charge in [-0.3, -0.25) is 0 Å². The van der Waals surface area contributed by atoms with Crippen molar-refractivity contribution < 1.29 is 0 Å². The van der Waals surface area contributed by atoms with Gasteiger partial charge in [0.1, 0.15) is 0 Å². The minimum absolute atomic E-state index is 0.903. The number of benzene rings is 1. The molecule has 1 aliphatic carbocycles. The summed E-state index contributed by atoms with van der Waals surface area (Å²) in [7, 11) is 0. The third-order valence-electron chi connectivity index (χ3n) is 2.75. The first-order valence-electron chi connectivity index (χ1n) is 4.89. The Kier molecular flexibility index (Phi) is 1.60. The van der Waals surface area contributed by atoms with E-state index in [1.54, 1.807) is 0 Å². The minimum Gasteiger partial charge on any atom is -0.372 e. The lowest BCUT2D eigenvalue weighted by Gasteiger charge is -2.15. The summed E-state index contributed by atoms with van der Waals surface area (Å²) >= 11 is 0. The molecular weight excluding hydrogens is 172 g/mol. The summed E-state index contributed by atoms with van der Waals surface area (Å²) in [6.45, 7) is 0.903. The van der Waals surface area contributed by atoms with Gasteiger partial charge in [-0.05, 0) is 17.2 Å². The Bertz CT molecular complexity index is 418. The average molecular weight is 184 g/mol. The number of nitrogens with one attached hydrogen (secondary N) is 1. The van der Waals surface area contributed by atoms with Gasteiger partial charge in [0.2, 0.25) is 0 Å². The highest BCUT2D eigenvalue weighted by molar-refractivity contribution is 5.63. The Hall–Kier alpha value is -1.70. The van der Waals surface area contributed by atoms with Gasteiger partial charge in [-0.2, -0.15) is 0 Å². The highest BCUT2D eigenvalue weighted by Crippen LogP contribution is 2.27. The van der Waals surface area contributed by atoms with Gasteiger partial charge >= 0.3 is 0 Å². The number of fused-ring (bicyclic) bond motifs is 1. The van der Waals surface area contributed by atoms with E-state index < -0.39 is 0 Å². The molecule has 0 spiro atoms. The third kappa shape index (κ3) is 1.11. The summed E-state index contributed by atoms with van der Waals surface area (Å²) in [4.78, 5) is 2.25. The molecule has 2 aliphatic rings. The highest BCUT2D eigenvalue weighted by Gasteiger charge is 2.17. The lowest BCUT2D eigenvalue weighted by Crippen LogP contribution is -2.19. The Balaban J connectivity index is 1.91. The summed E-state index contributed by atoms with van der Waals surface area (Å²) < 4.78 is 0. The molecule has 1 aromatic rings. The number of rotatable bonds is 1. The SMILES string of the molecule is C1=CN(C2=Cc3ccccc3C2)CN1. The minimum atomic E-state index is 0.903. The van der Waals surface area contributed by atoms with E-state index in [9.17, 15) is 0 Å². The first-order chi connectivity index (χ1) is 6.93. The fourth-order valence-electron chi connectivity index (χ4n) is 1.99. The molecule has 3 rings (SSSR count). The maximum Gasteiger partial charge on any atom is 0.0913 e. The molecule has 1 N–H and O–H groups in total. The summed E-state index contributed by atoms with van der Waals surface area (Å²) in [6, 6.07) is 8.58. The Morgan fingerprint density at radius 2 is 2.14 bits per heavy atom. The van der Waals surface area contributed by atoms with Crippen LogP contribution in [0.25, 0.3) is 6.08 Å². The van der Waals surface area contributed by atoms with Gasteiger partial charge in [-0.15, -0.1) is 0 Å². The number of nitrogens with zero attached hydrogens (tertiary/aromatic N) is 1. The van der Waals surface area contributed by atoms with Crippen molar-refractivity contribution in [3.63, 3.8) is 0 Å². The fraction of sp³-hybridized carbons (Fsp3) is 0.167. The molecule has 1 heterocycles. The zero-order chi connectivity index (χ0) is 9.38. The average Bonchev–Trinajstić information content (AvgIpc) is 2.86. The van der Waals surface area contributed by atoms with Crippen LogP contribution >= 0.6 is 0 Å². The monoisotopic (exact) mass is 184 g/mol. The van der Waals surface area contributed by atoms with E-state index in [-0.39, 0.29) is 0 Å². The van der Waals surface area contributed by atoms with E-state index in [2.05, 4.69) is 46.8 Å². The van der Waals surface area contributed by atoms with E-state index >= 15 is 0 Å². The van der Waals surface area contributed by atoms with Crippen LogP contribution in [-0.4, -0.2) is 11.6 Å². The summed E-state index contributed by atoms with van der Waals surface area (Å²) in [6.07, 6.45) is 7.41. The molecule has 0 fully saturated rings. The van der Waals surface area contributed by atoms with Gasteiger partial charge in [0.25, 0.3) is 0 Å². The van der Waals surface area contributed by atoms with Crippen molar-refractivity contribution in [1.29, 1.82) is 0 Å². The van der Waals surface area contributed by atoms with E-state index in [0.717, 1.165) is 13.1 Å². The molecule has 1 aromatic carbocycles. The molecule has 0 amide bonds. The van der Waals surface area contributed by atoms with Gasteiger partial charge in [-0.25, -0.2) is 0 Å². The quantitative estimate of drug-likeness (QED) is 0.717. The van der Waals surface area contributed by atoms with Crippen LogP contribution in [0.3, 0.4) is 0 Å². The molecule has 2 heteroatoms. The predicted octanol–water partition coefficient (Wildman–Crippen LogP) is 1.92. The molecule has 0 radical (unpaired) electrons. The first-order valence-corrected chi connectivity index (χ1v) is 4.89. The molecule has 0 bridgehead atoms. The van der Waals surface area contributed by atoms with Crippen LogP contribution in [0, 0.1) is 0 Å². The van der Waals surface area contributed by atoms with Crippen LogP contribution in [0.1, 0.15) is 11.1 Å². The van der Waals surface area contributed by atoms with Gasteiger partial charge in [-0.1, -0.05) is 24.3 Å². The molecule has 70 valence electrons. The summed E-state index contributed by atoms with van der Waals surface area (Å²) in [5.41, 5.74) is 4.18. The molecule has 0 unspecified atom stereocenters. The van der Waals surface area contributed by atoms with Crippen molar-refractivity contribution in [2.45, 2.75) is 6.42 Å². The number of hydrogen-bond donors (Lipinski definition) is 1. The number of hydrogen-bond acceptors (Lipinski definition) is 2. The van der Waals surface area contributed by atoms with Crippen molar-refractivity contribution in [3.05, 3.63) is 53.5 Å². The smallest absolute Gasteiger partial charge is 0.0913 e. The lowest BCUT2D eigenvalue weighted by molar-refractivity contribution is 0.477.